The molecule has 0 unspecified atom stereocenters. The fraction of sp³-hybridized carbons (Fsp3) is 0.267. The summed E-state index contributed by atoms with van der Waals surface area (Å²) in [7, 11) is 0. The number of thiophene rings is 1. The SMILES string of the molecule is CCCc1cc(C(=O)Nc2ccc([N+](=O)[O-])cc2C(F)(F)F)cs1. The third-order valence-corrected chi connectivity index (χ3v) is 4.18. The van der Waals surface area contributed by atoms with Gasteiger partial charge in [0.15, 0.2) is 0 Å². The van der Waals surface area contributed by atoms with Crippen LogP contribution in [0.5, 0.6) is 0 Å². The largest absolute Gasteiger partial charge is 0.418 e. The van der Waals surface area contributed by atoms with Crippen molar-refractivity contribution in [3.8, 4) is 0 Å². The number of hydrogen-bond acceptors (Lipinski definition) is 4. The zero-order valence-electron chi connectivity index (χ0n) is 12.5. The number of carbonyl (C=O) groups excluding carboxylic acids is 1. The molecule has 0 radical (unpaired) electrons. The molecule has 9 heteroatoms. The zero-order valence-corrected chi connectivity index (χ0v) is 13.3. The Morgan fingerprint density at radius 2 is 2.04 bits per heavy atom. The third-order valence-electron chi connectivity index (χ3n) is 3.18. The van der Waals surface area contributed by atoms with E-state index in [1.54, 1.807) is 11.4 Å². The molecule has 0 saturated heterocycles. The van der Waals surface area contributed by atoms with E-state index in [0.29, 0.717) is 6.07 Å². The first kappa shape index (κ1) is 17.9. The van der Waals surface area contributed by atoms with Crippen LogP contribution in [0.2, 0.25) is 0 Å². The number of nitrogens with zero attached hydrogens (tertiary/aromatic N) is 1. The molecule has 1 N–H and O–H groups in total. The maximum atomic E-state index is 13.1. The lowest BCUT2D eigenvalue weighted by Gasteiger charge is -2.13. The van der Waals surface area contributed by atoms with Gasteiger partial charge in [0.25, 0.3) is 11.6 Å². The van der Waals surface area contributed by atoms with E-state index in [1.807, 2.05) is 6.92 Å². The summed E-state index contributed by atoms with van der Waals surface area (Å²) in [4.78, 5) is 22.8. The molecule has 1 amide bonds. The van der Waals surface area contributed by atoms with Crippen LogP contribution in [0.4, 0.5) is 24.5 Å². The molecular formula is C15H13F3N2O3S. The molecule has 2 rings (SSSR count). The van der Waals surface area contributed by atoms with Crippen LogP contribution in [0.15, 0.2) is 29.6 Å². The minimum atomic E-state index is -4.82. The Balaban J connectivity index is 2.30. The van der Waals surface area contributed by atoms with Gasteiger partial charge in [-0.3, -0.25) is 14.9 Å². The van der Waals surface area contributed by atoms with E-state index >= 15 is 0 Å². The summed E-state index contributed by atoms with van der Waals surface area (Å²) in [6.45, 7) is 1.98. The summed E-state index contributed by atoms with van der Waals surface area (Å²) in [6, 6.07) is 3.84. The van der Waals surface area contributed by atoms with Crippen LogP contribution in [-0.2, 0) is 12.6 Å². The molecule has 24 heavy (non-hydrogen) atoms. The van der Waals surface area contributed by atoms with Gasteiger partial charge in [-0.15, -0.1) is 11.3 Å². The highest BCUT2D eigenvalue weighted by Crippen LogP contribution is 2.37. The molecule has 1 heterocycles. The average molecular weight is 358 g/mol. The molecule has 0 atom stereocenters. The second kappa shape index (κ2) is 7.00. The number of nitro groups is 1. The van der Waals surface area contributed by atoms with Crippen molar-refractivity contribution in [1.29, 1.82) is 0 Å². The van der Waals surface area contributed by atoms with Crippen LogP contribution in [0.25, 0.3) is 0 Å². The molecule has 0 aliphatic heterocycles. The van der Waals surface area contributed by atoms with Crippen molar-refractivity contribution >= 4 is 28.6 Å². The fourth-order valence-electron chi connectivity index (χ4n) is 2.06. The fourth-order valence-corrected chi connectivity index (χ4v) is 3.03. The summed E-state index contributed by atoms with van der Waals surface area (Å²) < 4.78 is 39.2. The average Bonchev–Trinajstić information content (AvgIpc) is 2.95. The van der Waals surface area contributed by atoms with Crippen molar-refractivity contribution in [2.24, 2.45) is 0 Å². The molecule has 0 fully saturated rings. The van der Waals surface area contributed by atoms with E-state index in [1.165, 1.54) is 11.3 Å². The molecule has 1 aromatic carbocycles. The van der Waals surface area contributed by atoms with Crippen molar-refractivity contribution < 1.29 is 22.9 Å². The number of carbonyl (C=O) groups is 1. The Hall–Kier alpha value is -2.42. The highest BCUT2D eigenvalue weighted by atomic mass is 32.1. The number of nitro benzene ring substituents is 1. The van der Waals surface area contributed by atoms with Gasteiger partial charge in [0.2, 0.25) is 0 Å². The van der Waals surface area contributed by atoms with Gasteiger partial charge in [-0.05, 0) is 18.6 Å². The topological polar surface area (TPSA) is 72.2 Å². The number of alkyl halides is 3. The quantitative estimate of drug-likeness (QED) is 0.611. The number of aryl methyl sites for hydroxylation is 1. The number of non-ortho nitro benzene ring substituents is 1. The Bertz CT molecular complexity index is 772. The van der Waals surface area contributed by atoms with E-state index in [-0.39, 0.29) is 5.56 Å². The molecular weight excluding hydrogens is 345 g/mol. The van der Waals surface area contributed by atoms with Gasteiger partial charge in [0, 0.05) is 22.4 Å². The van der Waals surface area contributed by atoms with Gasteiger partial charge in [0.1, 0.15) is 0 Å². The lowest BCUT2D eigenvalue weighted by Crippen LogP contribution is -2.16. The van der Waals surface area contributed by atoms with E-state index < -0.39 is 33.9 Å². The van der Waals surface area contributed by atoms with E-state index in [4.69, 9.17) is 0 Å². The van der Waals surface area contributed by atoms with E-state index in [2.05, 4.69) is 5.32 Å². The number of nitrogens with one attached hydrogen (secondary N) is 1. The van der Waals surface area contributed by atoms with E-state index in [0.717, 1.165) is 29.9 Å². The lowest BCUT2D eigenvalue weighted by molar-refractivity contribution is -0.385. The van der Waals surface area contributed by atoms with Crippen LogP contribution < -0.4 is 5.32 Å². The number of benzene rings is 1. The molecule has 1 aromatic heterocycles. The van der Waals surface area contributed by atoms with Crippen LogP contribution in [0.1, 0.15) is 34.1 Å². The molecule has 2 aromatic rings. The monoisotopic (exact) mass is 358 g/mol. The molecule has 0 aliphatic rings. The number of hydrogen-bond donors (Lipinski definition) is 1. The van der Waals surface area contributed by atoms with Crippen molar-refractivity contribution in [3.05, 3.63) is 55.8 Å². The maximum Gasteiger partial charge on any atom is 0.418 e. The normalized spacial score (nSPS) is 11.3. The van der Waals surface area contributed by atoms with E-state index in [9.17, 15) is 28.1 Å². The van der Waals surface area contributed by atoms with Crippen LogP contribution in [-0.4, -0.2) is 10.8 Å². The second-order valence-electron chi connectivity index (χ2n) is 4.99. The molecule has 0 saturated carbocycles. The van der Waals surface area contributed by atoms with Gasteiger partial charge < -0.3 is 5.32 Å². The summed E-state index contributed by atoms with van der Waals surface area (Å²) >= 11 is 1.36. The Morgan fingerprint density at radius 3 is 2.62 bits per heavy atom. The summed E-state index contributed by atoms with van der Waals surface area (Å²) in [5.74, 6) is -0.687. The van der Waals surface area contributed by atoms with Crippen LogP contribution in [0.3, 0.4) is 0 Å². The standard InChI is InChI=1S/C15H13F3N2O3S/c1-2-3-11-6-9(8-24-11)14(21)19-13-5-4-10(20(22)23)7-12(13)15(16,17)18/h4-8H,2-3H2,1H3,(H,19,21). The first-order valence-electron chi connectivity index (χ1n) is 6.96. The minimum Gasteiger partial charge on any atom is -0.321 e. The first-order valence-corrected chi connectivity index (χ1v) is 7.84. The van der Waals surface area contributed by atoms with Crippen molar-refractivity contribution in [2.45, 2.75) is 25.9 Å². The summed E-state index contributed by atoms with van der Waals surface area (Å²) in [6.07, 6.45) is -3.15. The number of amides is 1. The van der Waals surface area contributed by atoms with Gasteiger partial charge >= 0.3 is 6.18 Å². The van der Waals surface area contributed by atoms with Gasteiger partial charge in [-0.1, -0.05) is 13.3 Å². The highest BCUT2D eigenvalue weighted by molar-refractivity contribution is 7.10. The predicted molar refractivity (Wildman–Crippen MR) is 84.4 cm³/mol. The number of rotatable bonds is 5. The minimum absolute atomic E-state index is 0.259. The maximum absolute atomic E-state index is 13.1. The number of halogens is 3. The third kappa shape index (κ3) is 4.10. The Kier molecular flexibility index (Phi) is 5.23. The predicted octanol–water partition coefficient (Wildman–Crippen LogP) is 4.88. The highest BCUT2D eigenvalue weighted by Gasteiger charge is 2.35. The van der Waals surface area contributed by atoms with Gasteiger partial charge in [-0.25, -0.2) is 0 Å². The smallest absolute Gasteiger partial charge is 0.321 e. The Labute approximate surface area is 139 Å². The Morgan fingerprint density at radius 1 is 1.33 bits per heavy atom. The van der Waals surface area contributed by atoms with Gasteiger partial charge in [-0.2, -0.15) is 13.2 Å². The first-order chi connectivity index (χ1) is 11.2. The van der Waals surface area contributed by atoms with Crippen LogP contribution in [0, 0.1) is 10.1 Å². The zero-order chi connectivity index (χ0) is 17.9. The van der Waals surface area contributed by atoms with Crippen molar-refractivity contribution in [2.75, 3.05) is 5.32 Å². The lowest BCUT2D eigenvalue weighted by atomic mass is 10.1. The second-order valence-corrected chi connectivity index (χ2v) is 5.99. The molecule has 5 nitrogen and oxygen atoms in total. The van der Waals surface area contributed by atoms with Crippen molar-refractivity contribution in [3.63, 3.8) is 0 Å². The van der Waals surface area contributed by atoms with Crippen LogP contribution >= 0.6 is 11.3 Å². The molecule has 128 valence electrons. The summed E-state index contributed by atoms with van der Waals surface area (Å²) in [5.41, 5.74) is -2.20. The van der Waals surface area contributed by atoms with Crippen molar-refractivity contribution in [1.82, 2.24) is 0 Å². The number of anilines is 1. The van der Waals surface area contributed by atoms with Gasteiger partial charge in [0.05, 0.1) is 21.7 Å². The summed E-state index contributed by atoms with van der Waals surface area (Å²) in [5, 5.41) is 14.4. The molecule has 0 aliphatic carbocycles. The molecule has 0 spiro atoms. The molecule has 0 bridgehead atoms.